The zero-order valence-electron chi connectivity index (χ0n) is 23.8. The number of aryl methyl sites for hydroxylation is 3. The van der Waals surface area contributed by atoms with Gasteiger partial charge in [-0.2, -0.15) is 15.3 Å². The van der Waals surface area contributed by atoms with Crippen molar-refractivity contribution in [1.29, 1.82) is 0 Å². The molecule has 12 nitrogen and oxygen atoms in total. The lowest BCUT2D eigenvalue weighted by Gasteiger charge is -2.16. The second kappa shape index (κ2) is 10.6. The topological polar surface area (TPSA) is 140 Å². The predicted molar refractivity (Wildman–Crippen MR) is 148 cm³/mol. The Balaban J connectivity index is 1.60. The molecule has 0 amide bonds. The molecule has 1 aromatic carbocycles. The fourth-order valence-electron chi connectivity index (χ4n) is 4.89. The fraction of sp³-hybridized carbons (Fsp3) is 0.393. The molecule has 41 heavy (non-hydrogen) atoms. The molecule has 1 fully saturated rings. The van der Waals surface area contributed by atoms with E-state index in [4.69, 9.17) is 9.47 Å². The minimum atomic E-state index is -3.60. The van der Waals surface area contributed by atoms with Gasteiger partial charge in [0.2, 0.25) is 17.5 Å². The zero-order valence-corrected chi connectivity index (χ0v) is 24.7. The SMILES string of the molecule is CCOc1c(C(=O)Oc2c(C(=O)c3ccc(S(C)(=O)=O)c(Cn4cc(C)cn4)c3C)c(C3CC3)nn2C)cnn1C. The largest absolute Gasteiger partial charge is 0.478 e. The van der Waals surface area contributed by atoms with Crippen LogP contribution in [0.1, 0.15) is 74.3 Å². The van der Waals surface area contributed by atoms with Gasteiger partial charge in [-0.05, 0) is 62.4 Å². The maximum Gasteiger partial charge on any atom is 0.352 e. The van der Waals surface area contributed by atoms with Crippen LogP contribution in [0.15, 0.2) is 35.6 Å². The van der Waals surface area contributed by atoms with Crippen molar-refractivity contribution in [3.8, 4) is 11.8 Å². The molecule has 1 aliphatic rings. The summed E-state index contributed by atoms with van der Waals surface area (Å²) < 4.78 is 41.2. The van der Waals surface area contributed by atoms with Crippen LogP contribution in [0.2, 0.25) is 0 Å². The van der Waals surface area contributed by atoms with E-state index in [-0.39, 0.29) is 40.2 Å². The molecule has 5 rings (SSSR count). The molecule has 3 heterocycles. The summed E-state index contributed by atoms with van der Waals surface area (Å²) in [6.45, 7) is 5.89. The Morgan fingerprint density at radius 1 is 1.02 bits per heavy atom. The van der Waals surface area contributed by atoms with E-state index in [0.717, 1.165) is 24.7 Å². The van der Waals surface area contributed by atoms with Gasteiger partial charge in [0.15, 0.2) is 9.84 Å². The van der Waals surface area contributed by atoms with Crippen molar-refractivity contribution < 1.29 is 27.5 Å². The van der Waals surface area contributed by atoms with Gasteiger partial charge in [-0.15, -0.1) is 0 Å². The van der Waals surface area contributed by atoms with Gasteiger partial charge in [0.05, 0.1) is 36.1 Å². The van der Waals surface area contributed by atoms with Crippen molar-refractivity contribution in [2.45, 2.75) is 51.0 Å². The van der Waals surface area contributed by atoms with Crippen molar-refractivity contribution in [3.63, 3.8) is 0 Å². The Bertz CT molecular complexity index is 1780. The first-order valence-electron chi connectivity index (χ1n) is 13.2. The van der Waals surface area contributed by atoms with E-state index in [1.807, 2.05) is 6.92 Å². The van der Waals surface area contributed by atoms with E-state index in [1.54, 1.807) is 45.0 Å². The van der Waals surface area contributed by atoms with Crippen molar-refractivity contribution in [1.82, 2.24) is 29.3 Å². The number of rotatable bonds is 10. The normalized spacial score (nSPS) is 13.4. The molecule has 0 unspecified atom stereocenters. The highest BCUT2D eigenvalue weighted by atomic mass is 32.2. The Labute approximate surface area is 237 Å². The molecule has 4 aromatic rings. The minimum absolute atomic E-state index is 0.00374. The quantitative estimate of drug-likeness (QED) is 0.204. The maximum atomic E-state index is 14.3. The molecule has 13 heteroatoms. The molecular formula is C28H32N6O6S. The number of hydrogen-bond donors (Lipinski definition) is 0. The highest BCUT2D eigenvalue weighted by molar-refractivity contribution is 7.90. The second-order valence-electron chi connectivity index (χ2n) is 10.3. The molecule has 0 bridgehead atoms. The highest BCUT2D eigenvalue weighted by Gasteiger charge is 2.37. The van der Waals surface area contributed by atoms with E-state index in [9.17, 15) is 18.0 Å². The van der Waals surface area contributed by atoms with Crippen molar-refractivity contribution >= 4 is 21.6 Å². The Morgan fingerprint density at radius 2 is 1.76 bits per heavy atom. The molecular weight excluding hydrogens is 548 g/mol. The van der Waals surface area contributed by atoms with Crippen LogP contribution in [0, 0.1) is 13.8 Å². The minimum Gasteiger partial charge on any atom is -0.478 e. The van der Waals surface area contributed by atoms with Gasteiger partial charge < -0.3 is 9.47 Å². The molecule has 0 N–H and O–H groups in total. The predicted octanol–water partition coefficient (Wildman–Crippen LogP) is 3.15. The summed E-state index contributed by atoms with van der Waals surface area (Å²) in [5.74, 6) is -0.828. The summed E-state index contributed by atoms with van der Waals surface area (Å²) in [6, 6.07) is 2.96. The Morgan fingerprint density at radius 3 is 2.37 bits per heavy atom. The molecule has 1 saturated carbocycles. The number of carbonyl (C=O) groups excluding carboxylic acids is 2. The molecule has 3 aromatic heterocycles. The summed E-state index contributed by atoms with van der Waals surface area (Å²) in [5, 5.41) is 13.0. The van der Waals surface area contributed by atoms with Crippen LogP contribution in [0.4, 0.5) is 0 Å². The first kappa shape index (κ1) is 28.3. The first-order chi connectivity index (χ1) is 19.4. The van der Waals surface area contributed by atoms with Crippen LogP contribution in [-0.2, 0) is 30.5 Å². The van der Waals surface area contributed by atoms with E-state index in [1.165, 1.54) is 27.7 Å². The summed E-state index contributed by atoms with van der Waals surface area (Å²) in [5.41, 5.74) is 3.03. The van der Waals surface area contributed by atoms with Gasteiger partial charge >= 0.3 is 5.97 Å². The second-order valence-corrected chi connectivity index (χ2v) is 12.3. The van der Waals surface area contributed by atoms with Crippen LogP contribution >= 0.6 is 0 Å². The van der Waals surface area contributed by atoms with E-state index in [0.29, 0.717) is 29.0 Å². The number of hydrogen-bond acceptors (Lipinski definition) is 9. The standard InChI is InChI=1S/C28H32N6O6S/c1-7-39-26-20(13-29-32(26)4)28(36)40-27-23(24(18-8-9-18)31-33(27)5)25(35)19-10-11-22(41(6,37)38)21(17(19)3)15-34-14-16(2)12-30-34/h10-14,18H,7-9,15H2,1-6H3. The van der Waals surface area contributed by atoms with Gasteiger partial charge in [0, 0.05) is 38.0 Å². The van der Waals surface area contributed by atoms with Crippen LogP contribution in [-0.4, -0.2) is 62.4 Å². The van der Waals surface area contributed by atoms with E-state index in [2.05, 4.69) is 15.3 Å². The van der Waals surface area contributed by atoms with Gasteiger partial charge in [-0.1, -0.05) is 0 Å². The molecule has 216 valence electrons. The number of ether oxygens (including phenoxy) is 2. The van der Waals surface area contributed by atoms with Gasteiger partial charge in [0.25, 0.3) is 0 Å². The summed E-state index contributed by atoms with van der Waals surface area (Å²) in [4.78, 5) is 27.7. The fourth-order valence-corrected chi connectivity index (χ4v) is 5.87. The average Bonchev–Trinajstić information content (AvgIpc) is 3.46. The van der Waals surface area contributed by atoms with Crippen LogP contribution < -0.4 is 9.47 Å². The molecule has 0 radical (unpaired) electrons. The van der Waals surface area contributed by atoms with Gasteiger partial charge in [-0.3, -0.25) is 9.48 Å². The number of carbonyl (C=O) groups is 2. The number of nitrogens with zero attached hydrogens (tertiary/aromatic N) is 6. The summed E-state index contributed by atoms with van der Waals surface area (Å²) in [7, 11) is -0.339. The Hall–Kier alpha value is -4.26. The number of ketones is 1. The lowest BCUT2D eigenvalue weighted by atomic mass is 9.94. The first-order valence-corrected chi connectivity index (χ1v) is 15.1. The number of esters is 1. The lowest BCUT2D eigenvalue weighted by molar-refractivity contribution is 0.0713. The van der Waals surface area contributed by atoms with E-state index < -0.39 is 21.6 Å². The summed E-state index contributed by atoms with van der Waals surface area (Å²) >= 11 is 0. The van der Waals surface area contributed by atoms with Crippen LogP contribution in [0.25, 0.3) is 0 Å². The third-order valence-electron chi connectivity index (χ3n) is 7.07. The van der Waals surface area contributed by atoms with Gasteiger partial charge in [0.1, 0.15) is 11.1 Å². The van der Waals surface area contributed by atoms with E-state index >= 15 is 0 Å². The Kier molecular flexibility index (Phi) is 7.32. The van der Waals surface area contributed by atoms with Crippen molar-refractivity contribution in [3.05, 3.63) is 69.8 Å². The molecule has 0 saturated heterocycles. The van der Waals surface area contributed by atoms with Crippen LogP contribution in [0.3, 0.4) is 0 Å². The molecule has 0 spiro atoms. The lowest BCUT2D eigenvalue weighted by Crippen LogP contribution is -2.17. The van der Waals surface area contributed by atoms with Crippen molar-refractivity contribution in [2.24, 2.45) is 14.1 Å². The molecule has 0 atom stereocenters. The smallest absolute Gasteiger partial charge is 0.352 e. The highest BCUT2D eigenvalue weighted by Crippen LogP contribution is 2.44. The molecule has 0 aliphatic heterocycles. The maximum absolute atomic E-state index is 14.3. The van der Waals surface area contributed by atoms with Crippen molar-refractivity contribution in [2.75, 3.05) is 12.9 Å². The third kappa shape index (κ3) is 5.41. The van der Waals surface area contributed by atoms with Gasteiger partial charge in [-0.25, -0.2) is 22.6 Å². The number of aromatic nitrogens is 6. The third-order valence-corrected chi connectivity index (χ3v) is 8.25. The van der Waals surface area contributed by atoms with Crippen LogP contribution in [0.5, 0.6) is 11.8 Å². The average molecular weight is 581 g/mol. The monoisotopic (exact) mass is 580 g/mol. The number of sulfone groups is 1. The number of benzene rings is 1. The molecule has 1 aliphatic carbocycles. The summed E-state index contributed by atoms with van der Waals surface area (Å²) in [6.07, 6.45) is 7.69. The zero-order chi connectivity index (χ0) is 29.6.